The Labute approximate surface area is 138 Å². The molecule has 1 aliphatic heterocycles. The second-order valence-corrected chi connectivity index (χ2v) is 7.38. The number of amides is 2. The van der Waals surface area contributed by atoms with E-state index in [4.69, 9.17) is 0 Å². The lowest BCUT2D eigenvalue weighted by molar-refractivity contribution is -0.149. The van der Waals surface area contributed by atoms with Gasteiger partial charge in [0.1, 0.15) is 6.04 Å². The van der Waals surface area contributed by atoms with E-state index in [9.17, 15) is 19.5 Å². The predicted molar refractivity (Wildman–Crippen MR) is 87.7 cm³/mol. The Kier molecular flexibility index (Phi) is 7.03. The van der Waals surface area contributed by atoms with E-state index in [1.807, 2.05) is 34.6 Å². The van der Waals surface area contributed by atoms with Crippen molar-refractivity contribution in [3.05, 3.63) is 0 Å². The molecule has 1 heterocycles. The molecule has 0 spiro atoms. The van der Waals surface area contributed by atoms with Gasteiger partial charge in [0, 0.05) is 19.5 Å². The van der Waals surface area contributed by atoms with Crippen LogP contribution in [0.3, 0.4) is 0 Å². The zero-order valence-electron chi connectivity index (χ0n) is 14.8. The summed E-state index contributed by atoms with van der Waals surface area (Å²) in [5, 5.41) is 12.0. The van der Waals surface area contributed by atoms with Crippen molar-refractivity contribution in [2.75, 3.05) is 13.1 Å². The lowest BCUT2D eigenvalue weighted by atomic mass is 9.86. The summed E-state index contributed by atoms with van der Waals surface area (Å²) in [6.45, 7) is 10.5. The zero-order valence-corrected chi connectivity index (χ0v) is 14.8. The molecule has 2 N–H and O–H groups in total. The first kappa shape index (κ1) is 19.5. The predicted octanol–water partition coefficient (Wildman–Crippen LogP) is 1.74. The first-order chi connectivity index (χ1) is 10.6. The summed E-state index contributed by atoms with van der Waals surface area (Å²) in [4.78, 5) is 37.6. The third-order valence-electron chi connectivity index (χ3n) is 4.38. The van der Waals surface area contributed by atoms with Crippen LogP contribution < -0.4 is 5.32 Å². The van der Waals surface area contributed by atoms with Gasteiger partial charge >= 0.3 is 5.97 Å². The fraction of sp³-hybridized carbons (Fsp3) is 0.824. The smallest absolute Gasteiger partial charge is 0.306 e. The number of nitrogens with one attached hydrogen (secondary N) is 1. The molecule has 0 saturated carbocycles. The Morgan fingerprint density at radius 2 is 1.83 bits per heavy atom. The van der Waals surface area contributed by atoms with Gasteiger partial charge in [-0.25, -0.2) is 0 Å². The van der Waals surface area contributed by atoms with Crippen LogP contribution in [0.2, 0.25) is 0 Å². The molecule has 1 rings (SSSR count). The molecule has 132 valence electrons. The second kappa shape index (κ2) is 8.31. The summed E-state index contributed by atoms with van der Waals surface area (Å²) in [5.74, 6) is -1.25. The van der Waals surface area contributed by atoms with E-state index in [2.05, 4.69) is 5.32 Å². The summed E-state index contributed by atoms with van der Waals surface area (Å²) >= 11 is 0. The quantitative estimate of drug-likeness (QED) is 0.778. The van der Waals surface area contributed by atoms with Crippen LogP contribution in [0.1, 0.15) is 47.5 Å². The number of piperidine rings is 1. The summed E-state index contributed by atoms with van der Waals surface area (Å²) in [7, 11) is 0. The molecular formula is C17H30N2O4. The van der Waals surface area contributed by atoms with Gasteiger partial charge in [0.15, 0.2) is 0 Å². The van der Waals surface area contributed by atoms with Gasteiger partial charge in [-0.15, -0.1) is 0 Å². The van der Waals surface area contributed by atoms with Crippen LogP contribution in [0.5, 0.6) is 0 Å². The van der Waals surface area contributed by atoms with Crippen LogP contribution in [-0.2, 0) is 14.4 Å². The van der Waals surface area contributed by atoms with Crippen molar-refractivity contribution in [3.63, 3.8) is 0 Å². The normalized spacial score (nSPS) is 23.0. The first-order valence-electron chi connectivity index (χ1n) is 8.44. The number of carbonyl (C=O) groups is 3. The van der Waals surface area contributed by atoms with Crippen LogP contribution in [0.15, 0.2) is 0 Å². The van der Waals surface area contributed by atoms with Crippen LogP contribution >= 0.6 is 0 Å². The lowest BCUT2D eigenvalue weighted by Gasteiger charge is -2.37. The maximum atomic E-state index is 12.7. The van der Waals surface area contributed by atoms with Gasteiger partial charge in [0.2, 0.25) is 11.8 Å². The highest BCUT2D eigenvalue weighted by Crippen LogP contribution is 2.24. The molecule has 1 aliphatic rings. The topological polar surface area (TPSA) is 86.7 Å². The molecule has 6 nitrogen and oxygen atoms in total. The number of rotatable bonds is 6. The molecule has 0 aromatic heterocycles. The SMILES string of the molecule is CC(C)CC(=O)NC(C(=O)N1CCC(C(=O)O)C(C)C1)C(C)C. The number of aliphatic carboxylic acids is 1. The van der Waals surface area contributed by atoms with Gasteiger partial charge in [0.25, 0.3) is 0 Å². The van der Waals surface area contributed by atoms with Crippen LogP contribution in [0.25, 0.3) is 0 Å². The number of nitrogens with zero attached hydrogens (tertiary/aromatic N) is 1. The highest BCUT2D eigenvalue weighted by Gasteiger charge is 2.36. The van der Waals surface area contributed by atoms with Gasteiger partial charge in [-0.3, -0.25) is 14.4 Å². The molecular weight excluding hydrogens is 296 g/mol. The number of hydrogen-bond donors (Lipinski definition) is 2. The standard InChI is InChI=1S/C17H30N2O4/c1-10(2)8-14(20)18-15(11(3)4)16(21)19-7-6-13(17(22)23)12(5)9-19/h10-13,15H,6-9H2,1-5H3,(H,18,20)(H,22,23). The van der Waals surface area contributed by atoms with Crippen LogP contribution in [0.4, 0.5) is 0 Å². The summed E-state index contributed by atoms with van der Waals surface area (Å²) in [6, 6.07) is -0.546. The van der Waals surface area contributed by atoms with Gasteiger partial charge in [-0.1, -0.05) is 34.6 Å². The van der Waals surface area contributed by atoms with E-state index in [-0.39, 0.29) is 29.6 Å². The Hall–Kier alpha value is -1.59. The fourth-order valence-corrected chi connectivity index (χ4v) is 3.03. The van der Waals surface area contributed by atoms with E-state index < -0.39 is 17.9 Å². The highest BCUT2D eigenvalue weighted by molar-refractivity contribution is 5.88. The summed E-state index contributed by atoms with van der Waals surface area (Å²) < 4.78 is 0. The molecule has 1 saturated heterocycles. The number of hydrogen-bond acceptors (Lipinski definition) is 3. The molecule has 23 heavy (non-hydrogen) atoms. The van der Waals surface area contributed by atoms with Gasteiger partial charge in [-0.05, 0) is 24.2 Å². The van der Waals surface area contributed by atoms with Crippen molar-refractivity contribution in [2.24, 2.45) is 23.7 Å². The lowest BCUT2D eigenvalue weighted by Crippen LogP contribution is -2.54. The molecule has 2 amide bonds. The van der Waals surface area contributed by atoms with Crippen LogP contribution in [0, 0.1) is 23.7 Å². The minimum absolute atomic E-state index is 0.00823. The van der Waals surface area contributed by atoms with E-state index in [0.29, 0.717) is 25.9 Å². The van der Waals surface area contributed by atoms with Crippen molar-refractivity contribution in [1.29, 1.82) is 0 Å². The molecule has 1 fully saturated rings. The fourth-order valence-electron chi connectivity index (χ4n) is 3.03. The molecule has 0 aliphatic carbocycles. The van der Waals surface area contributed by atoms with E-state index in [1.165, 1.54) is 0 Å². The van der Waals surface area contributed by atoms with Crippen molar-refractivity contribution in [2.45, 2.75) is 53.5 Å². The van der Waals surface area contributed by atoms with Crippen molar-refractivity contribution < 1.29 is 19.5 Å². The molecule has 6 heteroatoms. The largest absolute Gasteiger partial charge is 0.481 e. The third-order valence-corrected chi connectivity index (χ3v) is 4.38. The van der Waals surface area contributed by atoms with Crippen molar-refractivity contribution >= 4 is 17.8 Å². The van der Waals surface area contributed by atoms with E-state index in [1.54, 1.807) is 4.90 Å². The maximum Gasteiger partial charge on any atom is 0.306 e. The molecule has 0 aromatic rings. The summed E-state index contributed by atoms with van der Waals surface area (Å²) in [5.41, 5.74) is 0. The van der Waals surface area contributed by atoms with Gasteiger partial charge in [0.05, 0.1) is 5.92 Å². The minimum Gasteiger partial charge on any atom is -0.481 e. The number of likely N-dealkylation sites (tertiary alicyclic amines) is 1. The monoisotopic (exact) mass is 326 g/mol. The maximum absolute atomic E-state index is 12.7. The minimum atomic E-state index is -0.796. The van der Waals surface area contributed by atoms with E-state index in [0.717, 1.165) is 0 Å². The Bertz CT molecular complexity index is 448. The highest BCUT2D eigenvalue weighted by atomic mass is 16.4. The van der Waals surface area contributed by atoms with Gasteiger partial charge < -0.3 is 15.3 Å². The molecule has 3 atom stereocenters. The summed E-state index contributed by atoms with van der Waals surface area (Å²) in [6.07, 6.45) is 0.862. The number of carbonyl (C=O) groups excluding carboxylic acids is 2. The molecule has 0 bridgehead atoms. The average Bonchev–Trinajstić information content (AvgIpc) is 2.42. The second-order valence-electron chi connectivity index (χ2n) is 7.38. The molecule has 3 unspecified atom stereocenters. The van der Waals surface area contributed by atoms with Crippen molar-refractivity contribution in [1.82, 2.24) is 10.2 Å². The third kappa shape index (κ3) is 5.52. The van der Waals surface area contributed by atoms with Crippen LogP contribution in [-0.4, -0.2) is 46.9 Å². The number of carboxylic acid groups (broad SMARTS) is 1. The zero-order chi connectivity index (χ0) is 17.7. The Morgan fingerprint density at radius 3 is 2.26 bits per heavy atom. The van der Waals surface area contributed by atoms with Gasteiger partial charge in [-0.2, -0.15) is 0 Å². The molecule has 0 aromatic carbocycles. The Morgan fingerprint density at radius 1 is 1.22 bits per heavy atom. The number of carboxylic acids is 1. The average molecular weight is 326 g/mol. The first-order valence-corrected chi connectivity index (χ1v) is 8.44. The van der Waals surface area contributed by atoms with Crippen molar-refractivity contribution in [3.8, 4) is 0 Å². The van der Waals surface area contributed by atoms with E-state index >= 15 is 0 Å². The molecule has 0 radical (unpaired) electrons. The Balaban J connectivity index is 2.71.